The largest absolute Gasteiger partial charge is 0.369 e. The highest BCUT2D eigenvalue weighted by Gasteiger charge is 2.38. The number of likely N-dealkylation sites (tertiary alicyclic amines) is 1. The van der Waals surface area contributed by atoms with Crippen LogP contribution in [0.1, 0.15) is 36.4 Å². The molecule has 2 bridgehead atoms. The van der Waals surface area contributed by atoms with Crippen LogP contribution in [0.3, 0.4) is 0 Å². The number of hydrogen-bond acceptors (Lipinski definition) is 4. The first-order valence-corrected chi connectivity index (χ1v) is 11.6. The molecule has 0 N–H and O–H groups in total. The monoisotopic (exact) mass is 424 g/mol. The maximum Gasteiger partial charge on any atom is 0.255 e. The van der Waals surface area contributed by atoms with Crippen LogP contribution in [-0.4, -0.2) is 60.7 Å². The van der Waals surface area contributed by atoms with E-state index in [-0.39, 0.29) is 11.4 Å². The number of hydrogen-bond donors (Lipinski definition) is 0. The molecular weight excluding hydrogens is 391 g/mol. The standard InChI is InChI=1S/C25H33FN4O/c1-27(2)16-19-7-8-23-20-13-18(15-30(23)25(19)31)14-29(17-20)21-9-11-28(12-10-21)24-6-4-3-5-22(24)26/h3-8,18,20-21H,9-17H2,1-2H3/t18-,20+/m0/s1. The Kier molecular flexibility index (Phi) is 5.61. The van der Waals surface area contributed by atoms with Crippen LogP contribution in [0.4, 0.5) is 10.1 Å². The van der Waals surface area contributed by atoms with Crippen LogP contribution < -0.4 is 10.5 Å². The Hall–Kier alpha value is -2.18. The molecule has 31 heavy (non-hydrogen) atoms. The minimum absolute atomic E-state index is 0.121. The molecule has 0 saturated carbocycles. The molecule has 5 nitrogen and oxygen atoms in total. The first-order chi connectivity index (χ1) is 15.0. The number of halogens is 1. The van der Waals surface area contributed by atoms with Gasteiger partial charge in [-0.05, 0) is 57.5 Å². The van der Waals surface area contributed by atoms with Gasteiger partial charge in [0.25, 0.3) is 5.56 Å². The lowest BCUT2D eigenvalue weighted by molar-refractivity contribution is 0.0703. The third-order valence-corrected chi connectivity index (χ3v) is 7.37. The number of nitrogens with zero attached hydrogens (tertiary/aromatic N) is 4. The zero-order chi connectivity index (χ0) is 21.5. The molecule has 0 amide bonds. The maximum absolute atomic E-state index is 14.2. The highest BCUT2D eigenvalue weighted by Crippen LogP contribution is 2.37. The predicted molar refractivity (Wildman–Crippen MR) is 122 cm³/mol. The quantitative estimate of drug-likeness (QED) is 0.755. The molecule has 3 aliphatic rings. The van der Waals surface area contributed by atoms with Crippen molar-refractivity contribution in [3.63, 3.8) is 0 Å². The topological polar surface area (TPSA) is 31.7 Å². The molecule has 4 heterocycles. The van der Waals surface area contributed by atoms with E-state index in [1.54, 1.807) is 12.1 Å². The first kappa shape index (κ1) is 20.7. The van der Waals surface area contributed by atoms with Crippen LogP contribution in [0.5, 0.6) is 0 Å². The number of aromatic nitrogens is 1. The molecule has 5 rings (SSSR count). The van der Waals surface area contributed by atoms with E-state index in [1.807, 2.05) is 32.3 Å². The van der Waals surface area contributed by atoms with Crippen LogP contribution >= 0.6 is 0 Å². The number of anilines is 1. The molecule has 166 valence electrons. The van der Waals surface area contributed by atoms with Crippen LogP contribution in [0.15, 0.2) is 41.2 Å². The van der Waals surface area contributed by atoms with Crippen LogP contribution in [0, 0.1) is 11.7 Å². The number of benzene rings is 1. The third kappa shape index (κ3) is 4.03. The SMILES string of the molecule is CN(C)Cc1ccc2n(c1=O)C[C@H]1C[C@@H]2CN(C2CCN(c3ccccc3F)CC2)C1. The van der Waals surface area contributed by atoms with E-state index in [2.05, 4.69) is 25.3 Å². The first-order valence-electron chi connectivity index (χ1n) is 11.6. The van der Waals surface area contributed by atoms with Crippen molar-refractivity contribution >= 4 is 5.69 Å². The lowest BCUT2D eigenvalue weighted by atomic mass is 9.81. The third-order valence-electron chi connectivity index (χ3n) is 7.37. The lowest BCUT2D eigenvalue weighted by Crippen LogP contribution is -2.53. The van der Waals surface area contributed by atoms with Gasteiger partial charge in [-0.25, -0.2) is 4.39 Å². The number of piperidine rings is 2. The molecule has 2 fully saturated rings. The molecule has 0 radical (unpaired) electrons. The summed E-state index contributed by atoms with van der Waals surface area (Å²) in [5.41, 5.74) is 3.05. The van der Waals surface area contributed by atoms with Crippen molar-refractivity contribution < 1.29 is 4.39 Å². The molecule has 2 atom stereocenters. The number of rotatable bonds is 4. The molecule has 2 aromatic rings. The van der Waals surface area contributed by atoms with Crippen molar-refractivity contribution in [1.82, 2.24) is 14.4 Å². The van der Waals surface area contributed by atoms with Crippen molar-refractivity contribution in [2.75, 3.05) is 45.2 Å². The van der Waals surface area contributed by atoms with Gasteiger partial charge in [0.1, 0.15) is 5.82 Å². The number of para-hydroxylation sites is 1. The van der Waals surface area contributed by atoms with Crippen LogP contribution in [0.2, 0.25) is 0 Å². The van der Waals surface area contributed by atoms with Gasteiger partial charge >= 0.3 is 0 Å². The molecular formula is C25H33FN4O. The molecule has 0 spiro atoms. The summed E-state index contributed by atoms with van der Waals surface area (Å²) in [5.74, 6) is 0.866. The second-order valence-electron chi connectivity index (χ2n) is 9.86. The van der Waals surface area contributed by atoms with Gasteiger partial charge in [0.15, 0.2) is 0 Å². The van der Waals surface area contributed by atoms with Crippen molar-refractivity contribution in [1.29, 1.82) is 0 Å². The second kappa shape index (κ2) is 8.40. The molecule has 3 aliphatic heterocycles. The van der Waals surface area contributed by atoms with Gasteiger partial charge in [-0.3, -0.25) is 9.69 Å². The fourth-order valence-corrected chi connectivity index (χ4v) is 5.97. The van der Waals surface area contributed by atoms with Gasteiger partial charge < -0.3 is 14.4 Å². The maximum atomic E-state index is 14.2. The minimum atomic E-state index is -0.121. The van der Waals surface area contributed by atoms with Gasteiger partial charge in [0.2, 0.25) is 0 Å². The van der Waals surface area contributed by atoms with Gasteiger partial charge in [0.05, 0.1) is 5.69 Å². The summed E-state index contributed by atoms with van der Waals surface area (Å²) < 4.78 is 16.2. The van der Waals surface area contributed by atoms with Crippen molar-refractivity contribution in [3.05, 3.63) is 63.8 Å². The summed E-state index contributed by atoms with van der Waals surface area (Å²) in [6, 6.07) is 11.9. The van der Waals surface area contributed by atoms with Crippen molar-refractivity contribution in [3.8, 4) is 0 Å². The Morgan fingerprint density at radius 1 is 1.03 bits per heavy atom. The van der Waals surface area contributed by atoms with Gasteiger partial charge in [-0.2, -0.15) is 0 Å². The summed E-state index contributed by atoms with van der Waals surface area (Å²) in [4.78, 5) is 20.0. The van der Waals surface area contributed by atoms with Crippen molar-refractivity contribution in [2.45, 2.75) is 44.3 Å². The fraction of sp³-hybridized carbons (Fsp3) is 0.560. The van der Waals surface area contributed by atoms with Gasteiger partial charge in [-0.1, -0.05) is 18.2 Å². The number of pyridine rings is 1. The predicted octanol–water partition coefficient (Wildman–Crippen LogP) is 3.14. The Balaban J connectivity index is 1.28. The van der Waals surface area contributed by atoms with E-state index in [1.165, 1.54) is 12.1 Å². The molecule has 0 unspecified atom stereocenters. The zero-order valence-electron chi connectivity index (χ0n) is 18.6. The highest BCUT2D eigenvalue weighted by molar-refractivity contribution is 5.48. The average molecular weight is 425 g/mol. The Morgan fingerprint density at radius 3 is 2.55 bits per heavy atom. The van der Waals surface area contributed by atoms with E-state index < -0.39 is 0 Å². The van der Waals surface area contributed by atoms with Crippen LogP contribution in [-0.2, 0) is 13.1 Å². The van der Waals surface area contributed by atoms with E-state index in [9.17, 15) is 9.18 Å². The Bertz CT molecular complexity index is 995. The van der Waals surface area contributed by atoms with Crippen LogP contribution in [0.25, 0.3) is 0 Å². The fourth-order valence-electron chi connectivity index (χ4n) is 5.97. The summed E-state index contributed by atoms with van der Waals surface area (Å²) in [5, 5.41) is 0. The lowest BCUT2D eigenvalue weighted by Gasteiger charge is -2.48. The average Bonchev–Trinajstić information content (AvgIpc) is 2.76. The molecule has 1 aromatic carbocycles. The smallest absolute Gasteiger partial charge is 0.255 e. The van der Waals surface area contributed by atoms with Crippen molar-refractivity contribution in [2.24, 2.45) is 5.92 Å². The zero-order valence-corrected chi connectivity index (χ0v) is 18.6. The van der Waals surface area contributed by atoms with E-state index >= 15 is 0 Å². The Labute approximate surface area is 184 Å². The summed E-state index contributed by atoms with van der Waals surface area (Å²) in [6.45, 7) is 5.46. The minimum Gasteiger partial charge on any atom is -0.369 e. The molecule has 2 saturated heterocycles. The van der Waals surface area contributed by atoms with E-state index in [4.69, 9.17) is 0 Å². The normalized spacial score (nSPS) is 24.5. The van der Waals surface area contributed by atoms with E-state index in [0.29, 0.717) is 24.4 Å². The summed E-state index contributed by atoms with van der Waals surface area (Å²) in [7, 11) is 4.02. The summed E-state index contributed by atoms with van der Waals surface area (Å²) >= 11 is 0. The Morgan fingerprint density at radius 2 is 1.81 bits per heavy atom. The molecule has 6 heteroatoms. The number of fused-ring (bicyclic) bond motifs is 4. The van der Waals surface area contributed by atoms with E-state index in [0.717, 1.165) is 56.8 Å². The second-order valence-corrected chi connectivity index (χ2v) is 9.86. The highest BCUT2D eigenvalue weighted by atomic mass is 19.1. The summed E-state index contributed by atoms with van der Waals surface area (Å²) in [6.07, 6.45) is 3.34. The molecule has 1 aromatic heterocycles. The molecule has 0 aliphatic carbocycles. The van der Waals surface area contributed by atoms with Gasteiger partial charge in [0, 0.05) is 62.5 Å². The van der Waals surface area contributed by atoms with Gasteiger partial charge in [-0.15, -0.1) is 0 Å².